The molecule has 0 aliphatic heterocycles. The first-order valence-corrected chi connectivity index (χ1v) is 10.8. The molecule has 6 heteroatoms. The number of aromatic nitrogens is 1. The molecule has 0 bridgehead atoms. The average Bonchev–Trinajstić information content (AvgIpc) is 3.18. The maximum atomic E-state index is 10.2. The monoisotopic (exact) mass is 520 g/mol. The first kappa shape index (κ1) is 19.0. The fraction of sp³-hybridized carbons (Fsp3) is 0. The van der Waals surface area contributed by atoms with E-state index in [0.29, 0.717) is 21.5 Å². The number of nitrogens with zero attached hydrogens (tertiary/aromatic N) is 2. The Morgan fingerprint density at radius 3 is 2.60 bits per heavy atom. The van der Waals surface area contributed by atoms with Gasteiger partial charge in [0.25, 0.3) is 0 Å². The highest BCUT2D eigenvalue weighted by Gasteiger charge is 2.10. The van der Waals surface area contributed by atoms with Gasteiger partial charge in [-0.05, 0) is 69.2 Å². The van der Waals surface area contributed by atoms with Crippen LogP contribution in [0.2, 0.25) is 0 Å². The molecule has 0 atom stereocenters. The van der Waals surface area contributed by atoms with E-state index < -0.39 is 0 Å². The Hall–Kier alpha value is -2.96. The Kier molecular flexibility index (Phi) is 4.89. The number of phenolic OH excluding ortho intramolecular Hbond substituents is 1. The van der Waals surface area contributed by atoms with Gasteiger partial charge in [-0.2, -0.15) is 0 Å². The number of fused-ring (bicyclic) bond motifs is 2. The number of hydrogen-bond donors (Lipinski definition) is 1. The minimum absolute atomic E-state index is 0.142. The number of aliphatic imine (C=N–C) groups is 1. The molecule has 0 spiro atoms. The molecule has 1 N–H and O–H groups in total. The number of phenols is 1. The number of aromatic hydroxyl groups is 1. The van der Waals surface area contributed by atoms with Crippen molar-refractivity contribution in [3.8, 4) is 17.2 Å². The van der Waals surface area contributed by atoms with Crippen LogP contribution in [-0.2, 0) is 0 Å². The molecule has 0 radical (unpaired) electrons. The van der Waals surface area contributed by atoms with Crippen LogP contribution in [0, 0.1) is 0 Å². The fourth-order valence-corrected chi connectivity index (χ4v) is 4.53. The third kappa shape index (κ3) is 3.64. The second-order valence-corrected chi connectivity index (χ2v) is 8.59. The molecule has 0 fully saturated rings. The van der Waals surface area contributed by atoms with E-state index in [-0.39, 0.29) is 5.75 Å². The van der Waals surface area contributed by atoms with Crippen molar-refractivity contribution < 1.29 is 9.52 Å². The van der Waals surface area contributed by atoms with Crippen LogP contribution in [0.5, 0.6) is 5.75 Å². The molecule has 5 rings (SSSR count). The predicted octanol–water partition coefficient (Wildman–Crippen LogP) is 7.63. The molecular formula is C24H14Br2N2O2. The topological polar surface area (TPSA) is 58.6 Å². The van der Waals surface area contributed by atoms with Gasteiger partial charge in [-0.25, -0.2) is 4.98 Å². The number of halogens is 2. The van der Waals surface area contributed by atoms with E-state index in [1.54, 1.807) is 18.3 Å². The number of rotatable bonds is 3. The van der Waals surface area contributed by atoms with Crippen molar-refractivity contribution in [3.05, 3.63) is 87.3 Å². The molecule has 0 saturated heterocycles. The van der Waals surface area contributed by atoms with E-state index in [2.05, 4.69) is 66.1 Å². The zero-order valence-corrected chi connectivity index (χ0v) is 18.7. The van der Waals surface area contributed by atoms with E-state index in [1.807, 2.05) is 36.4 Å². The van der Waals surface area contributed by atoms with E-state index in [9.17, 15) is 5.11 Å². The van der Waals surface area contributed by atoms with Crippen LogP contribution in [0.1, 0.15) is 5.56 Å². The molecule has 4 aromatic carbocycles. The molecule has 30 heavy (non-hydrogen) atoms. The van der Waals surface area contributed by atoms with Gasteiger partial charge in [0.1, 0.15) is 11.3 Å². The van der Waals surface area contributed by atoms with Crippen molar-refractivity contribution in [2.45, 2.75) is 0 Å². The van der Waals surface area contributed by atoms with Crippen LogP contribution in [0.4, 0.5) is 5.69 Å². The maximum absolute atomic E-state index is 10.2. The summed E-state index contributed by atoms with van der Waals surface area (Å²) in [7, 11) is 0. The molecule has 1 heterocycles. The van der Waals surface area contributed by atoms with Crippen LogP contribution < -0.4 is 0 Å². The Morgan fingerprint density at radius 1 is 0.900 bits per heavy atom. The van der Waals surface area contributed by atoms with Gasteiger partial charge in [0, 0.05) is 21.8 Å². The maximum Gasteiger partial charge on any atom is 0.227 e. The lowest BCUT2D eigenvalue weighted by atomic mass is 10.1. The first-order chi connectivity index (χ1) is 14.6. The van der Waals surface area contributed by atoms with Crippen LogP contribution >= 0.6 is 31.9 Å². The van der Waals surface area contributed by atoms with Gasteiger partial charge in [0.2, 0.25) is 5.89 Å². The number of oxazole rings is 1. The summed E-state index contributed by atoms with van der Waals surface area (Å²) in [5.74, 6) is 0.716. The van der Waals surface area contributed by atoms with Gasteiger partial charge in [0.05, 0.1) is 10.2 Å². The van der Waals surface area contributed by atoms with E-state index in [4.69, 9.17) is 4.42 Å². The van der Waals surface area contributed by atoms with Crippen LogP contribution in [0.15, 0.2) is 91.2 Å². The van der Waals surface area contributed by atoms with Gasteiger partial charge in [-0.1, -0.05) is 46.3 Å². The normalized spacial score (nSPS) is 11.7. The molecule has 0 unspecified atom stereocenters. The van der Waals surface area contributed by atoms with Gasteiger partial charge < -0.3 is 9.52 Å². The van der Waals surface area contributed by atoms with Crippen LogP contribution in [-0.4, -0.2) is 16.3 Å². The van der Waals surface area contributed by atoms with Gasteiger partial charge >= 0.3 is 0 Å². The first-order valence-electron chi connectivity index (χ1n) is 9.19. The summed E-state index contributed by atoms with van der Waals surface area (Å²) in [5.41, 5.74) is 3.68. The third-order valence-corrected chi connectivity index (χ3v) is 5.84. The lowest BCUT2D eigenvalue weighted by Crippen LogP contribution is -1.84. The van der Waals surface area contributed by atoms with Crippen molar-refractivity contribution in [1.29, 1.82) is 0 Å². The Labute approximate surface area is 189 Å². The molecule has 0 aliphatic carbocycles. The molecule has 1 aromatic heterocycles. The highest BCUT2D eigenvalue weighted by Crippen LogP contribution is 2.32. The predicted molar refractivity (Wildman–Crippen MR) is 128 cm³/mol. The Morgan fingerprint density at radius 2 is 1.73 bits per heavy atom. The van der Waals surface area contributed by atoms with Crippen molar-refractivity contribution in [3.63, 3.8) is 0 Å². The van der Waals surface area contributed by atoms with Crippen molar-refractivity contribution in [2.75, 3.05) is 0 Å². The number of benzene rings is 4. The summed E-state index contributed by atoms with van der Waals surface area (Å²) in [5, 5.41) is 12.5. The van der Waals surface area contributed by atoms with E-state index in [0.717, 1.165) is 26.6 Å². The Balaban J connectivity index is 1.49. The smallest absolute Gasteiger partial charge is 0.227 e. The molecule has 5 aromatic rings. The van der Waals surface area contributed by atoms with Crippen molar-refractivity contribution >= 4 is 65.6 Å². The molecule has 0 aliphatic rings. The van der Waals surface area contributed by atoms with Gasteiger partial charge in [0.15, 0.2) is 5.58 Å². The second kappa shape index (κ2) is 7.70. The lowest BCUT2D eigenvalue weighted by molar-refractivity contribution is 0.471. The van der Waals surface area contributed by atoms with E-state index in [1.165, 1.54) is 5.39 Å². The molecule has 146 valence electrons. The largest absolute Gasteiger partial charge is 0.506 e. The SMILES string of the molecule is Oc1c(Br)cc(Br)cc1C=Nc1ccc2oc(-c3ccc4ccccc4c3)nc2c1. The summed E-state index contributed by atoms with van der Waals surface area (Å²) in [6, 6.07) is 23.5. The van der Waals surface area contributed by atoms with E-state index >= 15 is 0 Å². The minimum Gasteiger partial charge on any atom is -0.506 e. The van der Waals surface area contributed by atoms with Gasteiger partial charge in [-0.15, -0.1) is 0 Å². The zero-order valence-electron chi connectivity index (χ0n) is 15.5. The summed E-state index contributed by atoms with van der Waals surface area (Å²) >= 11 is 6.75. The average molecular weight is 522 g/mol. The number of hydrogen-bond acceptors (Lipinski definition) is 4. The molecule has 0 saturated carbocycles. The quantitative estimate of drug-likeness (QED) is 0.248. The van der Waals surface area contributed by atoms with Crippen molar-refractivity contribution in [2.24, 2.45) is 4.99 Å². The highest BCUT2D eigenvalue weighted by molar-refractivity contribution is 9.11. The van der Waals surface area contributed by atoms with Crippen LogP contribution in [0.3, 0.4) is 0 Å². The summed E-state index contributed by atoms with van der Waals surface area (Å²) in [4.78, 5) is 9.13. The minimum atomic E-state index is 0.142. The van der Waals surface area contributed by atoms with Gasteiger partial charge in [-0.3, -0.25) is 4.99 Å². The fourth-order valence-electron chi connectivity index (χ4n) is 3.27. The Bertz CT molecular complexity index is 1440. The van der Waals surface area contributed by atoms with Crippen LogP contribution in [0.25, 0.3) is 33.3 Å². The molecular weight excluding hydrogens is 508 g/mol. The molecule has 4 nitrogen and oxygen atoms in total. The third-order valence-electron chi connectivity index (χ3n) is 4.78. The molecule has 0 amide bonds. The summed E-state index contributed by atoms with van der Waals surface area (Å²) < 4.78 is 7.41. The second-order valence-electron chi connectivity index (χ2n) is 6.82. The highest BCUT2D eigenvalue weighted by atomic mass is 79.9. The lowest BCUT2D eigenvalue weighted by Gasteiger charge is -2.02. The summed E-state index contributed by atoms with van der Waals surface area (Å²) in [6.45, 7) is 0. The van der Waals surface area contributed by atoms with Crippen molar-refractivity contribution in [1.82, 2.24) is 4.98 Å². The zero-order chi connectivity index (χ0) is 20.7. The standard InChI is InChI=1S/C24H14Br2N2O2/c25-18-10-17(23(29)20(26)11-18)13-27-19-7-8-22-21(12-19)28-24(30-22)16-6-5-14-3-1-2-4-15(14)9-16/h1-13,29H. The summed E-state index contributed by atoms with van der Waals surface area (Å²) in [6.07, 6.45) is 1.62.